The van der Waals surface area contributed by atoms with E-state index in [0.717, 1.165) is 0 Å². The maximum atomic E-state index is 13.3. The van der Waals surface area contributed by atoms with Crippen LogP contribution in [0.3, 0.4) is 0 Å². The van der Waals surface area contributed by atoms with Crippen LogP contribution >= 0.6 is 11.8 Å². The van der Waals surface area contributed by atoms with Gasteiger partial charge >= 0.3 is 0 Å². The van der Waals surface area contributed by atoms with Gasteiger partial charge in [0.2, 0.25) is 0 Å². The second-order valence-corrected chi connectivity index (χ2v) is 4.05. The summed E-state index contributed by atoms with van der Waals surface area (Å²) >= 11 is 1.34. The molecule has 0 bridgehead atoms. The molecule has 0 aromatic heterocycles. The highest BCUT2D eigenvalue weighted by molar-refractivity contribution is 7.98. The molecule has 1 aromatic rings. The van der Waals surface area contributed by atoms with E-state index in [9.17, 15) is 9.50 Å². The molecular formula is C10H14FNOS. The van der Waals surface area contributed by atoms with Crippen LogP contribution in [0.15, 0.2) is 23.1 Å². The fraction of sp³-hybridized carbons (Fsp3) is 0.400. The third kappa shape index (κ3) is 2.47. The van der Waals surface area contributed by atoms with Crippen LogP contribution in [0.4, 0.5) is 4.39 Å². The summed E-state index contributed by atoms with van der Waals surface area (Å²) in [6, 6.07) is 4.29. The van der Waals surface area contributed by atoms with Gasteiger partial charge in [0.1, 0.15) is 5.82 Å². The molecule has 1 rings (SSSR count). The van der Waals surface area contributed by atoms with Crippen LogP contribution in [0.25, 0.3) is 0 Å². The summed E-state index contributed by atoms with van der Waals surface area (Å²) in [4.78, 5) is 0.575. The predicted molar refractivity (Wildman–Crippen MR) is 56.8 cm³/mol. The molecule has 0 spiro atoms. The lowest BCUT2D eigenvalue weighted by atomic mass is 10.0. The lowest BCUT2D eigenvalue weighted by Crippen LogP contribution is -2.24. The minimum absolute atomic E-state index is 0.310. The van der Waals surface area contributed by atoms with Crippen LogP contribution in [0.5, 0.6) is 0 Å². The quantitative estimate of drug-likeness (QED) is 0.757. The number of halogens is 1. The standard InChI is InChI=1S/C10H14FNOS/c1-6(12)10(13)7-3-4-9(14-2)8(11)5-7/h3-6,10,13H,12H2,1-2H3. The molecule has 3 N–H and O–H groups in total. The van der Waals surface area contributed by atoms with Crippen molar-refractivity contribution in [2.45, 2.75) is 24.0 Å². The van der Waals surface area contributed by atoms with Crippen molar-refractivity contribution in [3.05, 3.63) is 29.6 Å². The maximum absolute atomic E-state index is 13.3. The molecule has 2 nitrogen and oxygen atoms in total. The molecule has 0 heterocycles. The second kappa shape index (κ2) is 4.77. The summed E-state index contributed by atoms with van der Waals surface area (Å²) < 4.78 is 13.3. The van der Waals surface area contributed by atoms with E-state index in [0.29, 0.717) is 10.5 Å². The van der Waals surface area contributed by atoms with E-state index in [4.69, 9.17) is 5.73 Å². The van der Waals surface area contributed by atoms with Crippen molar-refractivity contribution in [2.75, 3.05) is 6.26 Å². The fourth-order valence-corrected chi connectivity index (χ4v) is 1.63. The number of aliphatic hydroxyl groups is 1. The highest BCUT2D eigenvalue weighted by Gasteiger charge is 2.13. The Balaban J connectivity index is 2.96. The molecule has 2 atom stereocenters. The molecular weight excluding hydrogens is 201 g/mol. The van der Waals surface area contributed by atoms with Gasteiger partial charge in [-0.05, 0) is 30.9 Å². The Morgan fingerprint density at radius 2 is 2.14 bits per heavy atom. The molecule has 0 saturated carbocycles. The monoisotopic (exact) mass is 215 g/mol. The minimum atomic E-state index is -0.805. The topological polar surface area (TPSA) is 46.2 Å². The SMILES string of the molecule is CSc1ccc(C(O)C(C)N)cc1F. The number of nitrogens with two attached hydrogens (primary N) is 1. The average Bonchev–Trinajstić information content (AvgIpc) is 2.16. The first-order valence-electron chi connectivity index (χ1n) is 4.33. The number of hydrogen-bond donors (Lipinski definition) is 2. The maximum Gasteiger partial charge on any atom is 0.137 e. The minimum Gasteiger partial charge on any atom is -0.387 e. The molecule has 0 saturated heterocycles. The Bertz CT molecular complexity index is 317. The fourth-order valence-electron chi connectivity index (χ4n) is 1.17. The van der Waals surface area contributed by atoms with Gasteiger partial charge in [0.25, 0.3) is 0 Å². The van der Waals surface area contributed by atoms with Crippen LogP contribution in [-0.4, -0.2) is 17.4 Å². The normalized spacial score (nSPS) is 15.2. The number of thioether (sulfide) groups is 1. The van der Waals surface area contributed by atoms with E-state index in [-0.39, 0.29) is 5.82 Å². The number of aliphatic hydroxyl groups excluding tert-OH is 1. The van der Waals surface area contributed by atoms with E-state index < -0.39 is 12.1 Å². The van der Waals surface area contributed by atoms with Crippen LogP contribution in [-0.2, 0) is 0 Å². The molecule has 0 fully saturated rings. The Morgan fingerprint density at radius 1 is 1.50 bits per heavy atom. The van der Waals surface area contributed by atoms with Gasteiger partial charge in [0, 0.05) is 10.9 Å². The Kier molecular flexibility index (Phi) is 3.92. The Hall–Kier alpha value is -0.580. The lowest BCUT2D eigenvalue weighted by Gasteiger charge is -2.15. The van der Waals surface area contributed by atoms with Crippen molar-refractivity contribution in [3.63, 3.8) is 0 Å². The molecule has 78 valence electrons. The van der Waals surface area contributed by atoms with Crippen molar-refractivity contribution >= 4 is 11.8 Å². The van der Waals surface area contributed by atoms with Gasteiger partial charge in [-0.25, -0.2) is 4.39 Å². The summed E-state index contributed by atoms with van der Waals surface area (Å²) in [6.45, 7) is 1.69. The van der Waals surface area contributed by atoms with Gasteiger partial charge in [0.15, 0.2) is 0 Å². The largest absolute Gasteiger partial charge is 0.387 e. The average molecular weight is 215 g/mol. The first-order chi connectivity index (χ1) is 6.56. The predicted octanol–water partition coefficient (Wildman–Crippen LogP) is 1.93. The highest BCUT2D eigenvalue weighted by Crippen LogP contribution is 2.23. The first kappa shape index (κ1) is 11.5. The highest BCUT2D eigenvalue weighted by atomic mass is 32.2. The molecule has 0 aliphatic heterocycles. The van der Waals surface area contributed by atoms with Gasteiger partial charge < -0.3 is 10.8 Å². The van der Waals surface area contributed by atoms with E-state index in [1.165, 1.54) is 17.8 Å². The van der Waals surface area contributed by atoms with Crippen molar-refractivity contribution < 1.29 is 9.50 Å². The summed E-state index contributed by atoms with van der Waals surface area (Å²) in [5.74, 6) is -0.310. The van der Waals surface area contributed by atoms with Gasteiger partial charge in [-0.15, -0.1) is 11.8 Å². The first-order valence-corrected chi connectivity index (χ1v) is 5.56. The number of benzene rings is 1. The molecule has 1 aromatic carbocycles. The Morgan fingerprint density at radius 3 is 2.57 bits per heavy atom. The molecule has 2 unspecified atom stereocenters. The number of hydrogen-bond acceptors (Lipinski definition) is 3. The van der Waals surface area contributed by atoms with Crippen LogP contribution in [0.1, 0.15) is 18.6 Å². The molecule has 0 radical (unpaired) electrons. The zero-order chi connectivity index (χ0) is 10.7. The van der Waals surface area contributed by atoms with Crippen molar-refractivity contribution in [1.29, 1.82) is 0 Å². The van der Waals surface area contributed by atoms with Crippen LogP contribution in [0, 0.1) is 5.82 Å². The molecule has 0 aliphatic rings. The lowest BCUT2D eigenvalue weighted by molar-refractivity contribution is 0.153. The Labute approximate surface area is 87.3 Å². The summed E-state index contributed by atoms with van der Waals surface area (Å²) in [5, 5.41) is 9.59. The smallest absolute Gasteiger partial charge is 0.137 e. The molecule has 0 amide bonds. The summed E-state index contributed by atoms with van der Waals surface area (Å²) in [7, 11) is 0. The third-order valence-corrected chi connectivity index (χ3v) is 2.79. The van der Waals surface area contributed by atoms with Crippen molar-refractivity contribution in [1.82, 2.24) is 0 Å². The second-order valence-electron chi connectivity index (χ2n) is 3.20. The summed E-state index contributed by atoms with van der Waals surface area (Å²) in [5.41, 5.74) is 6.03. The zero-order valence-corrected chi connectivity index (χ0v) is 9.01. The molecule has 14 heavy (non-hydrogen) atoms. The van der Waals surface area contributed by atoms with Crippen LogP contribution < -0.4 is 5.73 Å². The third-order valence-electron chi connectivity index (χ3n) is 2.02. The van der Waals surface area contributed by atoms with E-state index in [1.54, 1.807) is 25.3 Å². The van der Waals surface area contributed by atoms with E-state index in [2.05, 4.69) is 0 Å². The summed E-state index contributed by atoms with van der Waals surface area (Å²) in [6.07, 6.45) is 1.00. The van der Waals surface area contributed by atoms with Crippen molar-refractivity contribution in [3.8, 4) is 0 Å². The molecule has 4 heteroatoms. The zero-order valence-electron chi connectivity index (χ0n) is 8.20. The van der Waals surface area contributed by atoms with Gasteiger partial charge in [0.05, 0.1) is 6.10 Å². The van der Waals surface area contributed by atoms with Crippen molar-refractivity contribution in [2.24, 2.45) is 5.73 Å². The van der Waals surface area contributed by atoms with Gasteiger partial charge in [-0.3, -0.25) is 0 Å². The molecule has 0 aliphatic carbocycles. The van der Waals surface area contributed by atoms with E-state index in [1.807, 2.05) is 0 Å². The van der Waals surface area contributed by atoms with E-state index >= 15 is 0 Å². The van der Waals surface area contributed by atoms with Gasteiger partial charge in [-0.2, -0.15) is 0 Å². The number of rotatable bonds is 3. The van der Waals surface area contributed by atoms with Gasteiger partial charge in [-0.1, -0.05) is 6.07 Å². The van der Waals surface area contributed by atoms with Crippen LogP contribution in [0.2, 0.25) is 0 Å².